The second kappa shape index (κ2) is 48.4. The summed E-state index contributed by atoms with van der Waals surface area (Å²) in [7, 11) is 0. The van der Waals surface area contributed by atoms with Crippen molar-refractivity contribution in [2.75, 3.05) is 0 Å². The van der Waals surface area contributed by atoms with E-state index in [4.69, 9.17) is 0 Å². The fourth-order valence-electron chi connectivity index (χ4n) is 4.61. The van der Waals surface area contributed by atoms with Gasteiger partial charge in [0.1, 0.15) is 0 Å². The van der Waals surface area contributed by atoms with Crippen LogP contribution in [0.15, 0.2) is 11.1 Å². The first kappa shape index (κ1) is 54.4. The van der Waals surface area contributed by atoms with Gasteiger partial charge in [0.2, 0.25) is 0 Å². The highest BCUT2D eigenvalue weighted by atomic mass is 16.1. The number of allylic oxidation sites excluding steroid dienone is 2. The maximum absolute atomic E-state index is 11.6. The first-order chi connectivity index (χ1) is 23.8. The highest BCUT2D eigenvalue weighted by Crippen LogP contribution is 2.27. The molecule has 0 amide bonds. The van der Waals surface area contributed by atoms with E-state index in [0.29, 0.717) is 12.2 Å². The van der Waals surface area contributed by atoms with Gasteiger partial charge in [0, 0.05) is 7.85 Å². The van der Waals surface area contributed by atoms with Gasteiger partial charge >= 0.3 is 0 Å². The van der Waals surface area contributed by atoms with Gasteiger partial charge in [0.25, 0.3) is 0 Å². The van der Waals surface area contributed by atoms with Gasteiger partial charge in [0.15, 0.2) is 5.78 Å². The summed E-state index contributed by atoms with van der Waals surface area (Å²) in [5, 5.41) is 0. The van der Waals surface area contributed by atoms with Gasteiger partial charge in [-0.25, -0.2) is 0 Å². The van der Waals surface area contributed by atoms with E-state index in [9.17, 15) is 4.79 Å². The lowest BCUT2D eigenvalue weighted by atomic mass is 9.82. The van der Waals surface area contributed by atoms with Gasteiger partial charge in [-0.1, -0.05) is 130 Å². The second-order valence-electron chi connectivity index (χ2n) is 10.2. The maximum atomic E-state index is 11.6. The summed E-state index contributed by atoms with van der Waals surface area (Å²) in [6, 6.07) is 0. The molecule has 0 saturated carbocycles. The Hall–Kier alpha value is -5.03. The summed E-state index contributed by atoms with van der Waals surface area (Å²) in [6.45, 7) is 24.5. The second-order valence-corrected chi connectivity index (χ2v) is 10.2. The van der Waals surface area contributed by atoms with Crippen molar-refractivity contribution >= 4 is 5.78 Å². The highest BCUT2D eigenvalue weighted by molar-refractivity contribution is 5.95. The molecule has 0 spiro atoms. The first-order valence-electron chi connectivity index (χ1n) is 17.7. The monoisotopic (exact) mass is 672 g/mol. The quantitative estimate of drug-likeness (QED) is 0.142. The van der Waals surface area contributed by atoms with Crippen LogP contribution in [0.5, 0.6) is 0 Å². The van der Waals surface area contributed by atoms with Crippen molar-refractivity contribution in [1.82, 2.24) is 0 Å². The fourth-order valence-corrected chi connectivity index (χ4v) is 4.61. The number of ketones is 1. The minimum atomic E-state index is 0. The van der Waals surface area contributed by atoms with Gasteiger partial charge in [-0.05, 0) is 159 Å². The lowest BCUT2D eigenvalue weighted by molar-refractivity contribution is -0.115. The van der Waals surface area contributed by atoms with Crippen molar-refractivity contribution in [2.24, 2.45) is 11.8 Å². The summed E-state index contributed by atoms with van der Waals surface area (Å²) in [6.07, 6.45) is 13.2. The van der Waals surface area contributed by atoms with Crippen LogP contribution < -0.4 is 0 Å². The molecule has 0 aliphatic heterocycles. The molecule has 0 fully saturated rings. The molecule has 0 aliphatic rings. The average Bonchev–Trinajstić information content (AvgIpc) is 3.12. The van der Waals surface area contributed by atoms with Crippen LogP contribution in [0.3, 0.4) is 0 Å². The van der Waals surface area contributed by atoms with Crippen molar-refractivity contribution in [3.63, 3.8) is 0 Å². The van der Waals surface area contributed by atoms with Crippen molar-refractivity contribution in [1.29, 1.82) is 0 Å². The summed E-state index contributed by atoms with van der Waals surface area (Å²) in [5.74, 6) is 53.5. The molecule has 50 heavy (non-hydrogen) atoms. The van der Waals surface area contributed by atoms with Gasteiger partial charge in [0.05, 0.1) is 0 Å². The zero-order valence-electron chi connectivity index (χ0n) is 33.3. The Morgan fingerprint density at radius 1 is 0.440 bits per heavy atom. The van der Waals surface area contributed by atoms with Gasteiger partial charge in [-0.3, -0.25) is 4.79 Å². The number of carbonyl (C=O) groups excluding carboxylic acids is 1. The lowest BCUT2D eigenvalue weighted by Crippen LogP contribution is -2.13. The van der Waals surface area contributed by atoms with Crippen LogP contribution in [-0.4, -0.2) is 11.3 Å². The average molecular weight is 673 g/mol. The van der Waals surface area contributed by atoms with Gasteiger partial charge < -0.3 is 5.48 Å². The molecule has 0 saturated heterocycles. The third-order valence-electron chi connectivity index (χ3n) is 6.83. The SMILES string of the molecule is CC#CC#CC#CC#CC#CC.CC#CC#CC#CC#CC#CC.CCC/C(CC)=C(\CC)C(=O)CC.CCCC(CC)C(CC)CCC.O.[HH]. The molecule has 2 nitrogen and oxygen atoms in total. The fraction of sp³-hybridized carbons (Fsp3) is 0.521. The summed E-state index contributed by atoms with van der Waals surface area (Å²) >= 11 is 0. The van der Waals surface area contributed by atoms with E-state index in [1.807, 2.05) is 6.92 Å². The molecule has 0 aliphatic carbocycles. The van der Waals surface area contributed by atoms with Crippen LogP contribution in [0.4, 0.5) is 0 Å². The number of hydrogen-bond donors (Lipinski definition) is 0. The standard InChI is InChI=1S/C12H22O.C12H26.2C12H6.H2O.H2/c1-5-9-10(6-2)11(7-3)12(13)8-4;1-5-9-11(7-3)12(8-4)10-6-2;2*1-3-5-7-9-11-12-10-8-6-4-2;;/h5-9H2,1-4H3;11-12H,5-10H2,1-4H3;2*1-2H3;1H2;1H/b11-10+;;;;;. The lowest BCUT2D eigenvalue weighted by Gasteiger charge is -2.24. The number of carbonyl (C=O) groups is 1. The smallest absolute Gasteiger partial charge is 0.158 e. The summed E-state index contributed by atoms with van der Waals surface area (Å²) in [5.41, 5.74) is 2.46. The molecule has 0 radical (unpaired) electrons. The first-order valence-corrected chi connectivity index (χ1v) is 17.7. The molecule has 268 valence electrons. The zero-order valence-corrected chi connectivity index (χ0v) is 33.3. The molecule has 2 atom stereocenters. The minimum absolute atomic E-state index is 0. The van der Waals surface area contributed by atoms with Crippen LogP contribution in [0.1, 0.15) is 155 Å². The molecule has 0 bridgehead atoms. The number of hydrogen-bond acceptors (Lipinski definition) is 1. The third-order valence-corrected chi connectivity index (χ3v) is 6.83. The van der Waals surface area contributed by atoms with E-state index in [-0.39, 0.29) is 6.90 Å². The topological polar surface area (TPSA) is 48.6 Å². The van der Waals surface area contributed by atoms with E-state index in [1.54, 1.807) is 27.7 Å². The summed E-state index contributed by atoms with van der Waals surface area (Å²) < 4.78 is 0. The van der Waals surface area contributed by atoms with Crippen molar-refractivity contribution in [2.45, 2.75) is 154 Å². The number of rotatable bonds is 13. The van der Waals surface area contributed by atoms with Crippen LogP contribution >= 0.6 is 0 Å². The Kier molecular flexibility index (Phi) is 52.6. The van der Waals surface area contributed by atoms with E-state index in [0.717, 1.165) is 43.1 Å². The predicted molar refractivity (Wildman–Crippen MR) is 221 cm³/mol. The molecule has 0 aromatic heterocycles. The number of Topliss-reactive ketones (excluding diaryl/α,β-unsaturated/α-hetero) is 1. The molecule has 2 heteroatoms. The van der Waals surface area contributed by atoms with Crippen LogP contribution in [0.2, 0.25) is 0 Å². The molecule has 0 aromatic carbocycles. The largest absolute Gasteiger partial charge is 0.412 e. The van der Waals surface area contributed by atoms with E-state index < -0.39 is 0 Å². The van der Waals surface area contributed by atoms with Crippen molar-refractivity contribution in [3.8, 4) is 118 Å². The molecular weight excluding hydrogens is 609 g/mol. The minimum Gasteiger partial charge on any atom is -0.412 e. The normalized spacial score (nSPS) is 8.96. The Labute approximate surface area is 311 Å². The zero-order chi connectivity index (χ0) is 37.8. The van der Waals surface area contributed by atoms with E-state index in [1.165, 1.54) is 44.1 Å². The van der Waals surface area contributed by atoms with Crippen LogP contribution in [0, 0.1) is 130 Å². The van der Waals surface area contributed by atoms with Crippen molar-refractivity contribution in [3.05, 3.63) is 11.1 Å². The Balaban J connectivity index is -0.000000131. The molecule has 0 aromatic rings. The van der Waals surface area contributed by atoms with Gasteiger partial charge in [-0.2, -0.15) is 0 Å². The molecule has 2 unspecified atom stereocenters. The van der Waals surface area contributed by atoms with Crippen LogP contribution in [-0.2, 0) is 4.79 Å². The predicted octanol–water partition coefficient (Wildman–Crippen LogP) is 10.0. The summed E-state index contributed by atoms with van der Waals surface area (Å²) in [4.78, 5) is 11.6. The Morgan fingerprint density at radius 3 is 0.920 bits per heavy atom. The third kappa shape index (κ3) is 39.1. The van der Waals surface area contributed by atoms with Gasteiger partial charge in [-0.15, -0.1) is 0 Å². The Morgan fingerprint density at radius 2 is 0.740 bits per heavy atom. The Bertz CT molecular complexity index is 1400. The molecular formula is C48H64O2. The van der Waals surface area contributed by atoms with Crippen LogP contribution in [0.25, 0.3) is 0 Å². The van der Waals surface area contributed by atoms with E-state index in [2.05, 4.69) is 167 Å². The highest BCUT2D eigenvalue weighted by Gasteiger charge is 2.16. The molecule has 0 heterocycles. The van der Waals surface area contributed by atoms with E-state index >= 15 is 0 Å². The molecule has 0 rings (SSSR count). The van der Waals surface area contributed by atoms with Crippen molar-refractivity contribution < 1.29 is 11.7 Å². The maximum Gasteiger partial charge on any atom is 0.158 e. The molecule has 2 N–H and O–H groups in total.